The molecular formula is C13H15F3N2O3S. The lowest BCUT2D eigenvalue weighted by atomic mass is 10.2. The second-order valence-corrected chi connectivity index (χ2v) is 6.82. The van der Waals surface area contributed by atoms with E-state index < -0.39 is 28.5 Å². The average molecular weight is 336 g/mol. The third-order valence-electron chi connectivity index (χ3n) is 2.98. The standard InChI is InChI=1S/C13H15F3N2O3S/c14-13(15,16)7-12(19)17-8-9-1-5-11(6-2-9)22(20,21)18-10-3-4-10/h1-2,5-6,10,18H,3-4,7-8H2,(H,17,19). The Labute approximate surface area is 125 Å². The van der Waals surface area contributed by atoms with E-state index >= 15 is 0 Å². The van der Waals surface area contributed by atoms with E-state index in [1.165, 1.54) is 24.3 Å². The zero-order chi connectivity index (χ0) is 16.4. The molecule has 1 aromatic rings. The molecule has 1 fully saturated rings. The number of hydrogen-bond acceptors (Lipinski definition) is 3. The molecule has 1 aliphatic rings. The molecule has 1 aromatic carbocycles. The van der Waals surface area contributed by atoms with Crippen LogP contribution in [0.15, 0.2) is 29.2 Å². The van der Waals surface area contributed by atoms with Crippen LogP contribution in [0.4, 0.5) is 13.2 Å². The Bertz CT molecular complexity index is 637. The van der Waals surface area contributed by atoms with E-state index in [4.69, 9.17) is 0 Å². The zero-order valence-corrected chi connectivity index (χ0v) is 12.3. The number of halogens is 3. The topological polar surface area (TPSA) is 75.3 Å². The van der Waals surface area contributed by atoms with Gasteiger partial charge in [-0.3, -0.25) is 4.79 Å². The number of rotatable bonds is 6. The van der Waals surface area contributed by atoms with E-state index in [1.54, 1.807) is 0 Å². The molecular weight excluding hydrogens is 321 g/mol. The summed E-state index contributed by atoms with van der Waals surface area (Å²) in [5, 5.41) is 2.13. The summed E-state index contributed by atoms with van der Waals surface area (Å²) in [5.74, 6) is -1.13. The van der Waals surface area contributed by atoms with E-state index in [2.05, 4.69) is 10.0 Å². The van der Waals surface area contributed by atoms with Crippen molar-refractivity contribution in [1.29, 1.82) is 0 Å². The number of alkyl halides is 3. The van der Waals surface area contributed by atoms with Crippen molar-refractivity contribution >= 4 is 15.9 Å². The Hall–Kier alpha value is -1.61. The van der Waals surface area contributed by atoms with Gasteiger partial charge >= 0.3 is 6.18 Å². The second kappa shape index (κ2) is 6.25. The second-order valence-electron chi connectivity index (χ2n) is 5.11. The molecule has 22 heavy (non-hydrogen) atoms. The molecule has 0 saturated heterocycles. The Morgan fingerprint density at radius 1 is 1.18 bits per heavy atom. The van der Waals surface area contributed by atoms with E-state index in [0.717, 1.165) is 12.8 Å². The number of amides is 1. The minimum Gasteiger partial charge on any atom is -0.352 e. The molecule has 0 bridgehead atoms. The van der Waals surface area contributed by atoms with Crippen molar-refractivity contribution < 1.29 is 26.4 Å². The molecule has 2 rings (SSSR count). The lowest BCUT2D eigenvalue weighted by molar-refractivity contribution is -0.153. The summed E-state index contributed by atoms with van der Waals surface area (Å²) in [5.41, 5.74) is 0.515. The van der Waals surface area contributed by atoms with Crippen molar-refractivity contribution in [2.75, 3.05) is 0 Å². The Kier molecular flexibility index (Phi) is 4.76. The van der Waals surface area contributed by atoms with Gasteiger partial charge in [-0.1, -0.05) is 12.1 Å². The molecule has 1 saturated carbocycles. The highest BCUT2D eigenvalue weighted by Gasteiger charge is 2.31. The van der Waals surface area contributed by atoms with Crippen molar-refractivity contribution in [1.82, 2.24) is 10.0 Å². The average Bonchev–Trinajstić information content (AvgIpc) is 3.18. The third-order valence-corrected chi connectivity index (χ3v) is 4.52. The molecule has 9 heteroatoms. The SMILES string of the molecule is O=C(CC(F)(F)F)NCc1ccc(S(=O)(=O)NC2CC2)cc1. The highest BCUT2D eigenvalue weighted by atomic mass is 32.2. The molecule has 0 aliphatic heterocycles. The molecule has 0 unspecified atom stereocenters. The normalized spacial score (nSPS) is 15.6. The largest absolute Gasteiger partial charge is 0.397 e. The molecule has 0 heterocycles. The number of nitrogens with one attached hydrogen (secondary N) is 2. The van der Waals surface area contributed by atoms with Crippen LogP contribution in [0.5, 0.6) is 0 Å². The van der Waals surface area contributed by atoms with Gasteiger partial charge in [0.15, 0.2) is 0 Å². The van der Waals surface area contributed by atoms with Crippen molar-refractivity contribution in [3.63, 3.8) is 0 Å². The van der Waals surface area contributed by atoms with Gasteiger partial charge in [0.25, 0.3) is 0 Å². The van der Waals surface area contributed by atoms with E-state index in [-0.39, 0.29) is 17.5 Å². The van der Waals surface area contributed by atoms with Crippen LogP contribution in [0.1, 0.15) is 24.8 Å². The number of carbonyl (C=O) groups is 1. The summed E-state index contributed by atoms with van der Waals surface area (Å²) in [6.07, 6.45) is -4.44. The quantitative estimate of drug-likeness (QED) is 0.830. The smallest absolute Gasteiger partial charge is 0.352 e. The van der Waals surface area contributed by atoms with Gasteiger partial charge in [-0.2, -0.15) is 13.2 Å². The summed E-state index contributed by atoms with van der Waals surface area (Å²) in [6.45, 7) is -0.0920. The highest BCUT2D eigenvalue weighted by molar-refractivity contribution is 7.89. The Morgan fingerprint density at radius 2 is 1.77 bits per heavy atom. The van der Waals surface area contributed by atoms with Gasteiger partial charge in [-0.25, -0.2) is 13.1 Å². The maximum absolute atomic E-state index is 12.0. The molecule has 0 spiro atoms. The fourth-order valence-corrected chi connectivity index (χ4v) is 3.03. The molecule has 1 aliphatic carbocycles. The van der Waals surface area contributed by atoms with Gasteiger partial charge in [0.2, 0.25) is 15.9 Å². The Balaban J connectivity index is 1.90. The first kappa shape index (κ1) is 16.8. The van der Waals surface area contributed by atoms with Gasteiger partial charge in [-0.05, 0) is 30.5 Å². The maximum atomic E-state index is 12.0. The minimum absolute atomic E-state index is 0.00802. The zero-order valence-electron chi connectivity index (χ0n) is 11.5. The van der Waals surface area contributed by atoms with Gasteiger partial charge in [0.1, 0.15) is 6.42 Å². The number of carbonyl (C=O) groups excluding carboxylic acids is 1. The highest BCUT2D eigenvalue weighted by Crippen LogP contribution is 2.22. The minimum atomic E-state index is -4.55. The molecule has 2 N–H and O–H groups in total. The van der Waals surface area contributed by atoms with Crippen LogP contribution < -0.4 is 10.0 Å². The predicted octanol–water partition coefficient (Wildman–Crippen LogP) is 1.70. The van der Waals surface area contributed by atoms with Crippen molar-refractivity contribution in [2.45, 2.75) is 42.9 Å². The van der Waals surface area contributed by atoms with Crippen LogP contribution in [0, 0.1) is 0 Å². The van der Waals surface area contributed by atoms with Crippen LogP contribution in [0.2, 0.25) is 0 Å². The van der Waals surface area contributed by atoms with Crippen molar-refractivity contribution in [2.24, 2.45) is 0 Å². The summed E-state index contributed by atoms with van der Waals surface area (Å²) < 4.78 is 62.3. The Morgan fingerprint density at radius 3 is 2.27 bits per heavy atom. The first-order chi connectivity index (χ1) is 10.2. The van der Waals surface area contributed by atoms with Crippen LogP contribution in [-0.2, 0) is 21.4 Å². The molecule has 122 valence electrons. The molecule has 5 nitrogen and oxygen atoms in total. The summed E-state index contributed by atoms with van der Waals surface area (Å²) in [7, 11) is -3.56. The fourth-order valence-electron chi connectivity index (χ4n) is 1.72. The predicted molar refractivity (Wildman–Crippen MR) is 72.3 cm³/mol. The van der Waals surface area contributed by atoms with Crippen LogP contribution in [0.3, 0.4) is 0 Å². The first-order valence-corrected chi connectivity index (χ1v) is 8.09. The lowest BCUT2D eigenvalue weighted by Crippen LogP contribution is -2.28. The molecule has 0 atom stereocenters. The van der Waals surface area contributed by atoms with E-state index in [1.807, 2.05) is 0 Å². The van der Waals surface area contributed by atoms with E-state index in [0.29, 0.717) is 5.56 Å². The summed E-state index contributed by atoms with van der Waals surface area (Å²) in [6, 6.07) is 5.61. The number of sulfonamides is 1. The first-order valence-electron chi connectivity index (χ1n) is 6.60. The lowest BCUT2D eigenvalue weighted by Gasteiger charge is -2.09. The van der Waals surface area contributed by atoms with Gasteiger partial charge in [0.05, 0.1) is 4.90 Å². The molecule has 1 amide bonds. The number of benzene rings is 1. The van der Waals surface area contributed by atoms with Gasteiger partial charge < -0.3 is 5.32 Å². The molecule has 0 aromatic heterocycles. The van der Waals surface area contributed by atoms with Gasteiger partial charge in [-0.15, -0.1) is 0 Å². The van der Waals surface area contributed by atoms with Crippen molar-refractivity contribution in [3.8, 4) is 0 Å². The third kappa shape index (κ3) is 5.30. The van der Waals surface area contributed by atoms with Crippen LogP contribution >= 0.6 is 0 Å². The van der Waals surface area contributed by atoms with Crippen LogP contribution in [0.25, 0.3) is 0 Å². The summed E-state index contributed by atoms with van der Waals surface area (Å²) in [4.78, 5) is 11.1. The summed E-state index contributed by atoms with van der Waals surface area (Å²) >= 11 is 0. The molecule has 0 radical (unpaired) electrons. The van der Waals surface area contributed by atoms with Crippen LogP contribution in [-0.4, -0.2) is 26.5 Å². The fraction of sp³-hybridized carbons (Fsp3) is 0.462. The van der Waals surface area contributed by atoms with Gasteiger partial charge in [0, 0.05) is 12.6 Å². The van der Waals surface area contributed by atoms with E-state index in [9.17, 15) is 26.4 Å². The number of hydrogen-bond donors (Lipinski definition) is 2. The monoisotopic (exact) mass is 336 g/mol. The van der Waals surface area contributed by atoms with Crippen molar-refractivity contribution in [3.05, 3.63) is 29.8 Å². The maximum Gasteiger partial charge on any atom is 0.397 e.